The number of nitrogens with one attached hydrogen (secondary N) is 1. The van der Waals surface area contributed by atoms with Crippen LogP contribution in [0.1, 0.15) is 6.92 Å². The van der Waals surface area contributed by atoms with E-state index in [0.717, 1.165) is 6.26 Å². The molecule has 0 radical (unpaired) electrons. The van der Waals surface area contributed by atoms with Gasteiger partial charge in [-0.1, -0.05) is 0 Å². The molecule has 1 saturated heterocycles. The molecule has 15 heavy (non-hydrogen) atoms. The van der Waals surface area contributed by atoms with Crippen LogP contribution in [0.2, 0.25) is 0 Å². The van der Waals surface area contributed by atoms with Crippen molar-refractivity contribution in [2.45, 2.75) is 18.2 Å². The van der Waals surface area contributed by atoms with E-state index in [0.29, 0.717) is 0 Å². The van der Waals surface area contributed by atoms with Crippen LogP contribution in [-0.4, -0.2) is 53.3 Å². The summed E-state index contributed by atoms with van der Waals surface area (Å²) in [4.78, 5) is 0. The first kappa shape index (κ1) is 12.9. The van der Waals surface area contributed by atoms with Gasteiger partial charge < -0.3 is 4.74 Å². The molecule has 1 aliphatic heterocycles. The number of ether oxygens (including phenoxy) is 1. The van der Waals surface area contributed by atoms with Gasteiger partial charge in [0.05, 0.1) is 19.0 Å². The van der Waals surface area contributed by atoms with Gasteiger partial charge in [-0.25, -0.2) is 21.6 Å². The smallest absolute Gasteiger partial charge is 0.219 e. The van der Waals surface area contributed by atoms with Crippen LogP contribution in [0.5, 0.6) is 0 Å². The minimum atomic E-state index is -3.43. The Morgan fingerprint density at radius 3 is 2.20 bits per heavy atom. The van der Waals surface area contributed by atoms with E-state index >= 15 is 0 Å². The predicted octanol–water partition coefficient (Wildman–Crippen LogP) is -1.26. The zero-order valence-electron chi connectivity index (χ0n) is 8.63. The lowest BCUT2D eigenvalue weighted by molar-refractivity contribution is 0.0410. The van der Waals surface area contributed by atoms with Crippen LogP contribution in [-0.2, 0) is 24.6 Å². The summed E-state index contributed by atoms with van der Waals surface area (Å²) in [7, 11) is -6.60. The summed E-state index contributed by atoms with van der Waals surface area (Å²) in [6.07, 6.45) is 1.07. The van der Waals surface area contributed by atoms with Crippen molar-refractivity contribution in [2.24, 2.45) is 0 Å². The zero-order valence-corrected chi connectivity index (χ0v) is 10.3. The van der Waals surface area contributed by atoms with E-state index in [1.165, 1.54) is 6.92 Å². The Kier molecular flexibility index (Phi) is 3.75. The molecule has 1 N–H and O–H groups in total. The normalized spacial score (nSPS) is 20.9. The Labute approximate surface area is 90.0 Å². The van der Waals surface area contributed by atoms with Gasteiger partial charge >= 0.3 is 0 Å². The number of sulfone groups is 1. The van der Waals surface area contributed by atoms with Crippen LogP contribution in [0, 0.1) is 0 Å². The summed E-state index contributed by atoms with van der Waals surface area (Å²) < 4.78 is 52.0. The van der Waals surface area contributed by atoms with E-state index in [1.807, 2.05) is 0 Å². The maximum atomic E-state index is 11.5. The average molecular weight is 257 g/mol. The molecule has 0 spiro atoms. The lowest BCUT2D eigenvalue weighted by Crippen LogP contribution is -2.50. The number of rotatable bonds is 5. The van der Waals surface area contributed by atoms with Crippen molar-refractivity contribution < 1.29 is 21.6 Å². The summed E-state index contributed by atoms with van der Waals surface area (Å²) in [5.41, 5.74) is 0. The molecule has 1 rings (SSSR count). The van der Waals surface area contributed by atoms with Gasteiger partial charge in [0.2, 0.25) is 10.0 Å². The maximum Gasteiger partial charge on any atom is 0.219 e. The van der Waals surface area contributed by atoms with Gasteiger partial charge in [0.1, 0.15) is 15.1 Å². The second-order valence-electron chi connectivity index (χ2n) is 3.82. The van der Waals surface area contributed by atoms with Crippen molar-refractivity contribution in [2.75, 3.05) is 25.2 Å². The van der Waals surface area contributed by atoms with Crippen molar-refractivity contribution in [3.05, 3.63) is 0 Å². The van der Waals surface area contributed by atoms with Crippen LogP contribution in [0.15, 0.2) is 0 Å². The Hall–Kier alpha value is -0.180. The first-order chi connectivity index (χ1) is 6.71. The molecule has 90 valence electrons. The second kappa shape index (κ2) is 4.36. The number of hydrogen-bond acceptors (Lipinski definition) is 5. The van der Waals surface area contributed by atoms with Crippen LogP contribution >= 0.6 is 0 Å². The minimum absolute atomic E-state index is 0.181. The number of hydrogen-bond donors (Lipinski definition) is 1. The van der Waals surface area contributed by atoms with Gasteiger partial charge in [0.15, 0.2) is 0 Å². The number of sulfonamides is 1. The summed E-state index contributed by atoms with van der Waals surface area (Å²) in [5.74, 6) is -0.195. The lowest BCUT2D eigenvalue weighted by Gasteiger charge is -2.27. The van der Waals surface area contributed by atoms with Crippen LogP contribution < -0.4 is 4.72 Å². The zero-order chi connectivity index (χ0) is 11.7. The summed E-state index contributed by atoms with van der Waals surface area (Å²) >= 11 is 0. The largest absolute Gasteiger partial charge is 0.378 e. The fraction of sp³-hybridized carbons (Fsp3) is 1.00. The predicted molar refractivity (Wildman–Crippen MR) is 55.8 cm³/mol. The van der Waals surface area contributed by atoms with Crippen molar-refractivity contribution in [3.8, 4) is 0 Å². The van der Waals surface area contributed by atoms with Crippen molar-refractivity contribution in [1.82, 2.24) is 4.72 Å². The summed E-state index contributed by atoms with van der Waals surface area (Å²) in [6.45, 7) is 1.89. The minimum Gasteiger partial charge on any atom is -0.378 e. The van der Waals surface area contributed by atoms with Gasteiger partial charge in [-0.3, -0.25) is 0 Å². The first-order valence-electron chi connectivity index (χ1n) is 4.47. The SMILES string of the molecule is CC(CS(C)(=O)=O)NS(=O)(=O)C1COC1. The molecular weight excluding hydrogens is 242 g/mol. The molecule has 0 aromatic carbocycles. The van der Waals surface area contributed by atoms with Crippen molar-refractivity contribution in [3.63, 3.8) is 0 Å². The van der Waals surface area contributed by atoms with E-state index in [2.05, 4.69) is 4.72 Å². The highest BCUT2D eigenvalue weighted by Gasteiger charge is 2.33. The molecule has 1 fully saturated rings. The Bertz CT molecular complexity index is 409. The molecule has 0 amide bonds. The van der Waals surface area contributed by atoms with Gasteiger partial charge in [-0.2, -0.15) is 0 Å². The third-order valence-corrected chi connectivity index (χ3v) is 4.95. The highest BCUT2D eigenvalue weighted by Crippen LogP contribution is 2.11. The Balaban J connectivity index is 2.54. The third kappa shape index (κ3) is 4.06. The molecule has 8 heteroatoms. The van der Waals surface area contributed by atoms with Crippen LogP contribution in [0.25, 0.3) is 0 Å². The Morgan fingerprint density at radius 1 is 1.33 bits per heavy atom. The molecule has 0 aromatic heterocycles. The molecule has 1 unspecified atom stereocenters. The second-order valence-corrected chi connectivity index (χ2v) is 7.99. The maximum absolute atomic E-state index is 11.5. The third-order valence-electron chi connectivity index (χ3n) is 1.96. The average Bonchev–Trinajstić information content (AvgIpc) is 1.71. The van der Waals surface area contributed by atoms with Crippen LogP contribution in [0.3, 0.4) is 0 Å². The fourth-order valence-electron chi connectivity index (χ4n) is 1.26. The molecule has 1 atom stereocenters. The lowest BCUT2D eigenvalue weighted by atomic mass is 10.4. The topological polar surface area (TPSA) is 89.5 Å². The van der Waals surface area contributed by atoms with Gasteiger partial charge in [0, 0.05) is 12.3 Å². The highest BCUT2D eigenvalue weighted by molar-refractivity contribution is 7.91. The van der Waals surface area contributed by atoms with Gasteiger partial charge in [-0.05, 0) is 6.92 Å². The molecule has 6 nitrogen and oxygen atoms in total. The van der Waals surface area contributed by atoms with Crippen molar-refractivity contribution in [1.29, 1.82) is 0 Å². The van der Waals surface area contributed by atoms with E-state index in [-0.39, 0.29) is 19.0 Å². The molecule has 1 heterocycles. The van der Waals surface area contributed by atoms with Crippen molar-refractivity contribution >= 4 is 19.9 Å². The van der Waals surface area contributed by atoms with E-state index < -0.39 is 31.2 Å². The molecule has 0 aliphatic carbocycles. The Morgan fingerprint density at radius 2 is 1.87 bits per heavy atom. The van der Waals surface area contributed by atoms with E-state index in [1.54, 1.807) is 0 Å². The molecule has 0 saturated carbocycles. The van der Waals surface area contributed by atoms with Gasteiger partial charge in [-0.15, -0.1) is 0 Å². The first-order valence-corrected chi connectivity index (χ1v) is 8.08. The summed E-state index contributed by atoms with van der Waals surface area (Å²) in [5, 5.41) is -0.542. The molecule has 0 bridgehead atoms. The van der Waals surface area contributed by atoms with Gasteiger partial charge in [0.25, 0.3) is 0 Å². The molecule has 0 aromatic rings. The molecule has 1 aliphatic rings. The highest BCUT2D eigenvalue weighted by atomic mass is 32.2. The summed E-state index contributed by atoms with van der Waals surface area (Å²) in [6, 6.07) is -0.606. The van der Waals surface area contributed by atoms with Crippen LogP contribution in [0.4, 0.5) is 0 Å². The monoisotopic (exact) mass is 257 g/mol. The molecular formula is C7H15NO5S2. The van der Waals surface area contributed by atoms with E-state index in [9.17, 15) is 16.8 Å². The van der Waals surface area contributed by atoms with E-state index in [4.69, 9.17) is 4.74 Å². The standard InChI is InChI=1S/C7H15NO5S2/c1-6(5-14(2,9)10)8-15(11,12)7-3-13-4-7/h6-8H,3-5H2,1-2H3. The quantitative estimate of drug-likeness (QED) is 0.664. The fourth-order valence-corrected chi connectivity index (χ4v) is 3.74.